The lowest BCUT2D eigenvalue weighted by Gasteiger charge is -2.35. The van der Waals surface area contributed by atoms with Crippen molar-refractivity contribution in [1.82, 2.24) is 15.3 Å². The van der Waals surface area contributed by atoms with Crippen LogP contribution < -0.4 is 10.2 Å². The second-order valence-corrected chi connectivity index (χ2v) is 6.15. The minimum absolute atomic E-state index is 0.0731. The highest BCUT2D eigenvalue weighted by atomic mass is 32.1. The molecule has 0 saturated carbocycles. The minimum atomic E-state index is -0.272. The summed E-state index contributed by atoms with van der Waals surface area (Å²) in [6, 6.07) is 13.3. The van der Waals surface area contributed by atoms with Gasteiger partial charge < -0.3 is 10.2 Å². The molecule has 2 aromatic heterocycles. The van der Waals surface area contributed by atoms with Gasteiger partial charge in [-0.25, -0.2) is 4.98 Å². The number of thiazole rings is 1. The van der Waals surface area contributed by atoms with Crippen molar-refractivity contribution in [3.05, 3.63) is 65.3 Å². The molecule has 6 heteroatoms. The van der Waals surface area contributed by atoms with Crippen molar-refractivity contribution < 1.29 is 4.79 Å². The summed E-state index contributed by atoms with van der Waals surface area (Å²) in [5.41, 5.74) is 3.26. The van der Waals surface area contributed by atoms with Crippen LogP contribution in [0.4, 0.5) is 5.69 Å². The fourth-order valence-electron chi connectivity index (χ4n) is 2.70. The number of nitrogens with one attached hydrogen (secondary N) is 1. The van der Waals surface area contributed by atoms with Gasteiger partial charge in [0.05, 0.1) is 22.6 Å². The molecule has 0 radical (unpaired) electrons. The van der Waals surface area contributed by atoms with Crippen molar-refractivity contribution >= 4 is 22.9 Å². The zero-order valence-electron chi connectivity index (χ0n) is 12.4. The van der Waals surface area contributed by atoms with Crippen LogP contribution in [0.25, 0.3) is 10.7 Å². The Hall–Kier alpha value is -2.73. The Morgan fingerprint density at radius 3 is 2.83 bits per heavy atom. The maximum atomic E-state index is 12.3. The third-order valence-corrected chi connectivity index (χ3v) is 4.75. The molecule has 0 spiro atoms. The monoisotopic (exact) mass is 322 g/mol. The molecular formula is C17H14N4OS. The van der Waals surface area contributed by atoms with Crippen LogP contribution in [0.1, 0.15) is 22.2 Å². The first-order valence-corrected chi connectivity index (χ1v) is 8.11. The van der Waals surface area contributed by atoms with Gasteiger partial charge in [-0.2, -0.15) is 0 Å². The Balaban J connectivity index is 1.70. The molecule has 3 aromatic rings. The van der Waals surface area contributed by atoms with Crippen molar-refractivity contribution in [2.75, 3.05) is 11.9 Å². The van der Waals surface area contributed by atoms with Gasteiger partial charge in [-0.3, -0.25) is 9.78 Å². The van der Waals surface area contributed by atoms with E-state index in [-0.39, 0.29) is 12.1 Å². The number of fused-ring (bicyclic) bond motifs is 1. The SMILES string of the molecule is CN1c2ccccc2C(=O)N[C@H]1c1csc(-c2ccccn2)n1. The van der Waals surface area contributed by atoms with Crippen molar-refractivity contribution in [3.63, 3.8) is 0 Å². The van der Waals surface area contributed by atoms with Crippen LogP contribution in [0, 0.1) is 0 Å². The number of hydrogen-bond acceptors (Lipinski definition) is 5. The summed E-state index contributed by atoms with van der Waals surface area (Å²) >= 11 is 1.53. The van der Waals surface area contributed by atoms with Gasteiger partial charge in [-0.1, -0.05) is 18.2 Å². The third-order valence-electron chi connectivity index (χ3n) is 3.87. The maximum absolute atomic E-state index is 12.3. The number of hydrogen-bond donors (Lipinski definition) is 1. The number of benzene rings is 1. The number of amides is 1. The van der Waals surface area contributed by atoms with Gasteiger partial charge in [-0.15, -0.1) is 11.3 Å². The molecular weight excluding hydrogens is 308 g/mol. The Morgan fingerprint density at radius 1 is 1.17 bits per heavy atom. The molecule has 1 aliphatic heterocycles. The van der Waals surface area contributed by atoms with E-state index < -0.39 is 0 Å². The van der Waals surface area contributed by atoms with E-state index in [4.69, 9.17) is 0 Å². The van der Waals surface area contributed by atoms with Gasteiger partial charge in [-0.05, 0) is 24.3 Å². The molecule has 0 fully saturated rings. The van der Waals surface area contributed by atoms with Gasteiger partial charge in [0.25, 0.3) is 5.91 Å². The molecule has 1 aliphatic rings. The van der Waals surface area contributed by atoms with E-state index in [1.165, 1.54) is 11.3 Å². The summed E-state index contributed by atoms with van der Waals surface area (Å²) < 4.78 is 0. The molecule has 0 unspecified atom stereocenters. The van der Waals surface area contributed by atoms with Gasteiger partial charge in [0.1, 0.15) is 11.2 Å². The summed E-state index contributed by atoms with van der Waals surface area (Å²) in [6.45, 7) is 0. The Kier molecular flexibility index (Phi) is 3.31. The molecule has 0 saturated heterocycles. The molecule has 1 amide bonds. The molecule has 1 aromatic carbocycles. The highest BCUT2D eigenvalue weighted by Crippen LogP contribution is 2.33. The zero-order chi connectivity index (χ0) is 15.8. The van der Waals surface area contributed by atoms with Crippen LogP contribution in [-0.4, -0.2) is 22.9 Å². The second-order valence-electron chi connectivity index (χ2n) is 5.30. The predicted octanol–water partition coefficient (Wildman–Crippen LogP) is 3.08. The van der Waals surface area contributed by atoms with E-state index in [0.29, 0.717) is 5.56 Å². The summed E-state index contributed by atoms with van der Waals surface area (Å²) in [5, 5.41) is 5.83. The maximum Gasteiger partial charge on any atom is 0.255 e. The van der Waals surface area contributed by atoms with Gasteiger partial charge >= 0.3 is 0 Å². The lowest BCUT2D eigenvalue weighted by molar-refractivity contribution is 0.0927. The fourth-order valence-corrected chi connectivity index (χ4v) is 3.52. The molecule has 114 valence electrons. The van der Waals surface area contributed by atoms with E-state index in [1.54, 1.807) is 6.20 Å². The average molecular weight is 322 g/mol. The number of rotatable bonds is 2. The van der Waals surface area contributed by atoms with E-state index in [9.17, 15) is 4.79 Å². The van der Waals surface area contributed by atoms with Crippen molar-refractivity contribution in [1.29, 1.82) is 0 Å². The van der Waals surface area contributed by atoms with Crippen LogP contribution >= 0.6 is 11.3 Å². The molecule has 5 nitrogen and oxygen atoms in total. The Labute approximate surface area is 137 Å². The summed E-state index contributed by atoms with van der Waals surface area (Å²) in [7, 11) is 1.96. The van der Waals surface area contributed by atoms with Crippen LogP contribution in [0.5, 0.6) is 0 Å². The topological polar surface area (TPSA) is 58.1 Å². The van der Waals surface area contributed by atoms with Crippen molar-refractivity contribution in [3.8, 4) is 10.7 Å². The molecule has 1 N–H and O–H groups in total. The smallest absolute Gasteiger partial charge is 0.255 e. The lowest BCUT2D eigenvalue weighted by atomic mass is 10.1. The lowest BCUT2D eigenvalue weighted by Crippen LogP contribution is -2.44. The van der Waals surface area contributed by atoms with Gasteiger partial charge in [0.2, 0.25) is 0 Å². The van der Waals surface area contributed by atoms with Gasteiger partial charge in [0.15, 0.2) is 0 Å². The highest BCUT2D eigenvalue weighted by molar-refractivity contribution is 7.13. The molecule has 0 bridgehead atoms. The van der Waals surface area contributed by atoms with Crippen LogP contribution in [-0.2, 0) is 0 Å². The largest absolute Gasteiger partial charge is 0.349 e. The summed E-state index contributed by atoms with van der Waals surface area (Å²) in [6.07, 6.45) is 1.48. The van der Waals surface area contributed by atoms with E-state index in [1.807, 2.05) is 59.8 Å². The standard InChI is InChI=1S/C17H14N4OS/c1-21-14-8-3-2-6-11(14)16(22)20-15(21)13-10-23-17(19-13)12-7-4-5-9-18-12/h2-10,15H,1H3,(H,20,22)/t15-/m1/s1. The number of pyridine rings is 1. The second kappa shape index (κ2) is 5.48. The third kappa shape index (κ3) is 2.37. The summed E-state index contributed by atoms with van der Waals surface area (Å²) in [5.74, 6) is -0.0731. The van der Waals surface area contributed by atoms with Gasteiger partial charge in [0, 0.05) is 18.6 Å². The quantitative estimate of drug-likeness (QED) is 0.788. The number of aromatic nitrogens is 2. The Morgan fingerprint density at radius 2 is 2.00 bits per heavy atom. The van der Waals surface area contributed by atoms with Crippen LogP contribution in [0.3, 0.4) is 0 Å². The first-order valence-electron chi connectivity index (χ1n) is 7.23. The number of carbonyl (C=O) groups is 1. The zero-order valence-corrected chi connectivity index (χ0v) is 13.2. The predicted molar refractivity (Wildman–Crippen MR) is 90.4 cm³/mol. The molecule has 0 aliphatic carbocycles. The fraction of sp³-hybridized carbons (Fsp3) is 0.118. The van der Waals surface area contributed by atoms with Crippen LogP contribution in [0.15, 0.2) is 54.0 Å². The normalized spacial score (nSPS) is 16.8. The van der Waals surface area contributed by atoms with Crippen molar-refractivity contribution in [2.45, 2.75) is 6.17 Å². The van der Waals surface area contributed by atoms with E-state index >= 15 is 0 Å². The summed E-state index contributed by atoms with van der Waals surface area (Å²) in [4.78, 5) is 23.3. The van der Waals surface area contributed by atoms with Crippen molar-refractivity contribution in [2.24, 2.45) is 0 Å². The molecule has 23 heavy (non-hydrogen) atoms. The molecule has 1 atom stereocenters. The minimum Gasteiger partial charge on any atom is -0.349 e. The first kappa shape index (κ1) is 13.9. The molecule has 4 rings (SSSR count). The Bertz CT molecular complexity index is 862. The highest BCUT2D eigenvalue weighted by Gasteiger charge is 2.30. The van der Waals surface area contributed by atoms with Crippen LogP contribution in [0.2, 0.25) is 0 Å². The average Bonchev–Trinajstić information content (AvgIpc) is 3.09. The molecule has 3 heterocycles. The number of nitrogens with zero attached hydrogens (tertiary/aromatic N) is 3. The number of carbonyl (C=O) groups excluding carboxylic acids is 1. The first-order chi connectivity index (χ1) is 11.2. The van der Waals surface area contributed by atoms with E-state index in [0.717, 1.165) is 22.1 Å². The van der Waals surface area contributed by atoms with E-state index in [2.05, 4.69) is 15.3 Å². The number of para-hydroxylation sites is 1. The number of anilines is 1.